The van der Waals surface area contributed by atoms with Gasteiger partial charge in [-0.3, -0.25) is 4.79 Å². The molecule has 2 rings (SSSR count). The Balaban J connectivity index is 1.89. The van der Waals surface area contributed by atoms with Crippen LogP contribution >= 0.6 is 11.8 Å². The summed E-state index contributed by atoms with van der Waals surface area (Å²) in [6, 6.07) is 5.78. The van der Waals surface area contributed by atoms with Gasteiger partial charge in [0.05, 0.1) is 5.75 Å². The van der Waals surface area contributed by atoms with Gasteiger partial charge in [-0.15, -0.1) is 11.8 Å². The number of carbonyl (C=O) groups excluding carboxylic acids is 1. The van der Waals surface area contributed by atoms with Crippen molar-refractivity contribution in [3.63, 3.8) is 0 Å². The average Bonchev–Trinajstić information content (AvgIpc) is 2.44. The van der Waals surface area contributed by atoms with Crippen LogP contribution < -0.4 is 14.8 Å². The molecular formula is C15H21NO3S. The molecule has 1 aromatic carbocycles. The molecule has 1 N–H and O–H groups in total. The van der Waals surface area contributed by atoms with Crippen LogP contribution in [0, 0.1) is 0 Å². The number of nitrogens with one attached hydrogen (secondary N) is 1. The highest BCUT2D eigenvalue weighted by Gasteiger charge is 2.18. The lowest BCUT2D eigenvalue weighted by Crippen LogP contribution is -2.43. The number of ether oxygens (including phenoxy) is 2. The van der Waals surface area contributed by atoms with Crippen molar-refractivity contribution in [2.24, 2.45) is 0 Å². The van der Waals surface area contributed by atoms with E-state index in [0.29, 0.717) is 19.0 Å². The first-order chi connectivity index (χ1) is 9.50. The van der Waals surface area contributed by atoms with E-state index in [9.17, 15) is 4.79 Å². The van der Waals surface area contributed by atoms with Crippen molar-refractivity contribution in [2.75, 3.05) is 19.0 Å². The van der Waals surface area contributed by atoms with Crippen molar-refractivity contribution in [1.82, 2.24) is 5.32 Å². The Hall–Kier alpha value is -1.36. The predicted octanol–water partition coefficient (Wildman–Crippen LogP) is 2.85. The van der Waals surface area contributed by atoms with E-state index in [-0.39, 0.29) is 11.4 Å². The second-order valence-electron chi connectivity index (χ2n) is 5.38. The molecule has 1 aromatic rings. The molecule has 0 aromatic heterocycles. The fourth-order valence-corrected chi connectivity index (χ4v) is 2.49. The van der Waals surface area contributed by atoms with Crippen LogP contribution in [0.5, 0.6) is 11.5 Å². The van der Waals surface area contributed by atoms with Crippen LogP contribution in [0.2, 0.25) is 0 Å². The number of amides is 1. The predicted molar refractivity (Wildman–Crippen MR) is 80.7 cm³/mol. The zero-order valence-corrected chi connectivity index (χ0v) is 13.0. The van der Waals surface area contributed by atoms with E-state index in [2.05, 4.69) is 12.2 Å². The summed E-state index contributed by atoms with van der Waals surface area (Å²) in [4.78, 5) is 12.9. The van der Waals surface area contributed by atoms with E-state index in [1.54, 1.807) is 0 Å². The van der Waals surface area contributed by atoms with Crippen molar-refractivity contribution in [1.29, 1.82) is 0 Å². The summed E-state index contributed by atoms with van der Waals surface area (Å²) in [6.45, 7) is 7.29. The van der Waals surface area contributed by atoms with Crippen LogP contribution in [-0.2, 0) is 4.79 Å². The molecule has 1 aliphatic heterocycles. The summed E-state index contributed by atoms with van der Waals surface area (Å²) in [7, 11) is 0. The molecule has 0 saturated carbocycles. The standard InChI is InChI=1S/C15H21NO3S/c1-4-15(2,3)16-14(17)10-20-11-5-6-12-13(9-11)19-8-7-18-12/h5-6,9H,4,7-8,10H2,1-3H3,(H,16,17). The number of hydrogen-bond donors (Lipinski definition) is 1. The highest BCUT2D eigenvalue weighted by atomic mass is 32.2. The maximum atomic E-state index is 11.9. The lowest BCUT2D eigenvalue weighted by molar-refractivity contribution is -0.120. The summed E-state index contributed by atoms with van der Waals surface area (Å²) in [5, 5.41) is 3.02. The van der Waals surface area contributed by atoms with Crippen LogP contribution in [0.15, 0.2) is 23.1 Å². The molecule has 0 atom stereocenters. The summed E-state index contributed by atoms with van der Waals surface area (Å²) in [5.74, 6) is 1.99. The molecule has 0 radical (unpaired) electrons. The molecule has 0 fully saturated rings. The van der Waals surface area contributed by atoms with Crippen LogP contribution in [-0.4, -0.2) is 30.4 Å². The second-order valence-corrected chi connectivity index (χ2v) is 6.43. The number of hydrogen-bond acceptors (Lipinski definition) is 4. The molecule has 20 heavy (non-hydrogen) atoms. The number of thioether (sulfide) groups is 1. The number of carbonyl (C=O) groups is 1. The van der Waals surface area contributed by atoms with Gasteiger partial charge in [0.2, 0.25) is 5.91 Å². The van der Waals surface area contributed by atoms with Gasteiger partial charge in [-0.25, -0.2) is 0 Å². The summed E-state index contributed by atoms with van der Waals surface area (Å²) in [5.41, 5.74) is -0.148. The maximum absolute atomic E-state index is 11.9. The number of rotatable bonds is 5. The minimum Gasteiger partial charge on any atom is -0.486 e. The fourth-order valence-electron chi connectivity index (χ4n) is 1.76. The molecule has 0 unspecified atom stereocenters. The Morgan fingerprint density at radius 3 is 2.70 bits per heavy atom. The van der Waals surface area contributed by atoms with Gasteiger partial charge < -0.3 is 14.8 Å². The highest BCUT2D eigenvalue weighted by Crippen LogP contribution is 2.34. The normalized spacial score (nSPS) is 13.9. The fraction of sp³-hybridized carbons (Fsp3) is 0.533. The van der Waals surface area contributed by atoms with Gasteiger partial charge >= 0.3 is 0 Å². The Morgan fingerprint density at radius 1 is 1.30 bits per heavy atom. The van der Waals surface area contributed by atoms with Gasteiger partial charge in [0.1, 0.15) is 13.2 Å². The minimum absolute atomic E-state index is 0.0525. The molecule has 1 aliphatic rings. The minimum atomic E-state index is -0.148. The second kappa shape index (κ2) is 6.39. The Kier molecular flexibility index (Phi) is 4.81. The third-order valence-corrected chi connectivity index (χ3v) is 4.24. The lowest BCUT2D eigenvalue weighted by atomic mass is 10.0. The summed E-state index contributed by atoms with van der Waals surface area (Å²) < 4.78 is 11.0. The van der Waals surface area contributed by atoms with Crippen molar-refractivity contribution < 1.29 is 14.3 Å². The third-order valence-electron chi connectivity index (χ3n) is 3.25. The smallest absolute Gasteiger partial charge is 0.230 e. The SMILES string of the molecule is CCC(C)(C)NC(=O)CSc1ccc2c(c1)OCCO2. The molecule has 5 heteroatoms. The third kappa shape index (κ3) is 4.07. The van der Waals surface area contributed by atoms with E-state index < -0.39 is 0 Å². The van der Waals surface area contributed by atoms with Gasteiger partial charge in [-0.1, -0.05) is 6.92 Å². The van der Waals surface area contributed by atoms with E-state index in [1.807, 2.05) is 32.0 Å². The number of benzene rings is 1. The molecule has 0 spiro atoms. The molecule has 1 amide bonds. The Labute approximate surface area is 124 Å². The maximum Gasteiger partial charge on any atom is 0.230 e. The van der Waals surface area contributed by atoms with Gasteiger partial charge in [0.25, 0.3) is 0 Å². The quantitative estimate of drug-likeness (QED) is 0.849. The Bertz CT molecular complexity index is 488. The van der Waals surface area contributed by atoms with Gasteiger partial charge in [-0.05, 0) is 38.5 Å². The molecule has 1 heterocycles. The molecule has 0 saturated heterocycles. The van der Waals surface area contributed by atoms with E-state index in [4.69, 9.17) is 9.47 Å². The van der Waals surface area contributed by atoms with Crippen molar-refractivity contribution in [2.45, 2.75) is 37.6 Å². The van der Waals surface area contributed by atoms with E-state index >= 15 is 0 Å². The first-order valence-corrected chi connectivity index (χ1v) is 7.82. The summed E-state index contributed by atoms with van der Waals surface area (Å²) >= 11 is 1.50. The van der Waals surface area contributed by atoms with Gasteiger partial charge in [0.15, 0.2) is 11.5 Å². The lowest BCUT2D eigenvalue weighted by Gasteiger charge is -2.24. The molecule has 0 bridgehead atoms. The first kappa shape index (κ1) is 15.0. The topological polar surface area (TPSA) is 47.6 Å². The molecule has 4 nitrogen and oxygen atoms in total. The molecule has 0 aliphatic carbocycles. The van der Waals surface area contributed by atoms with Gasteiger partial charge in [0, 0.05) is 10.4 Å². The van der Waals surface area contributed by atoms with Crippen molar-refractivity contribution >= 4 is 17.7 Å². The zero-order valence-electron chi connectivity index (χ0n) is 12.2. The van der Waals surface area contributed by atoms with Crippen molar-refractivity contribution in [3.8, 4) is 11.5 Å². The monoisotopic (exact) mass is 295 g/mol. The van der Waals surface area contributed by atoms with Crippen LogP contribution in [0.1, 0.15) is 27.2 Å². The van der Waals surface area contributed by atoms with E-state index in [0.717, 1.165) is 22.8 Å². The van der Waals surface area contributed by atoms with Crippen LogP contribution in [0.25, 0.3) is 0 Å². The highest BCUT2D eigenvalue weighted by molar-refractivity contribution is 8.00. The molecular weight excluding hydrogens is 274 g/mol. The van der Waals surface area contributed by atoms with Crippen molar-refractivity contribution in [3.05, 3.63) is 18.2 Å². The molecule has 110 valence electrons. The van der Waals surface area contributed by atoms with Crippen LogP contribution in [0.3, 0.4) is 0 Å². The van der Waals surface area contributed by atoms with E-state index in [1.165, 1.54) is 11.8 Å². The Morgan fingerprint density at radius 2 is 2.00 bits per heavy atom. The van der Waals surface area contributed by atoms with Gasteiger partial charge in [-0.2, -0.15) is 0 Å². The first-order valence-electron chi connectivity index (χ1n) is 6.83. The largest absolute Gasteiger partial charge is 0.486 e. The zero-order chi connectivity index (χ0) is 14.6. The summed E-state index contributed by atoms with van der Waals surface area (Å²) in [6.07, 6.45) is 0.910. The number of fused-ring (bicyclic) bond motifs is 1. The van der Waals surface area contributed by atoms with Crippen LogP contribution in [0.4, 0.5) is 0 Å². The average molecular weight is 295 g/mol.